The molecule has 0 fully saturated rings. The van der Waals surface area contributed by atoms with Gasteiger partial charge < -0.3 is 23.0 Å². The van der Waals surface area contributed by atoms with Crippen LogP contribution in [0.4, 0.5) is 0 Å². The van der Waals surface area contributed by atoms with Gasteiger partial charge in [0.15, 0.2) is 0 Å². The van der Waals surface area contributed by atoms with Gasteiger partial charge in [-0.1, -0.05) is 18.3 Å². The monoisotopic (exact) mass is 324 g/mol. The van der Waals surface area contributed by atoms with Crippen LogP contribution in [0.2, 0.25) is 0 Å². The first-order chi connectivity index (χ1) is 4.22. The number of thiocarbonyl (C=S) groups is 1. The molecule has 0 saturated heterocycles. The fourth-order valence-electron chi connectivity index (χ4n) is 0.518. The van der Waals surface area contributed by atoms with Gasteiger partial charge in [-0.3, -0.25) is 0 Å². The number of nitrogens with one attached hydrogen (secondary N) is 2. The van der Waals surface area contributed by atoms with E-state index >= 15 is 0 Å². The van der Waals surface area contributed by atoms with Crippen molar-refractivity contribution in [3.63, 3.8) is 0 Å². The van der Waals surface area contributed by atoms with E-state index in [-0.39, 0.29) is 21.1 Å². The summed E-state index contributed by atoms with van der Waals surface area (Å²) in [4.78, 5) is 4.17. The van der Waals surface area contributed by atoms with Crippen LogP contribution in [0.3, 0.4) is 0 Å². The first kappa shape index (κ1) is 10.2. The minimum absolute atomic E-state index is 0. The second-order valence-electron chi connectivity index (χ2n) is 1.76. The molecule has 0 bridgehead atoms. The summed E-state index contributed by atoms with van der Waals surface area (Å²) in [5.41, 5.74) is 7.24. The third kappa shape index (κ3) is 2.11. The molecule has 2 atom stereocenters. The third-order valence-electron chi connectivity index (χ3n) is 1.08. The zero-order valence-corrected chi connectivity index (χ0v) is 8.82. The van der Waals surface area contributed by atoms with E-state index in [0.29, 0.717) is 4.99 Å². The van der Waals surface area contributed by atoms with Crippen LogP contribution < -0.4 is 5.32 Å². The molecule has 0 aromatic heterocycles. The first-order valence-electron chi connectivity index (χ1n) is 2.50. The largest absolute Gasteiger partial charge is 2.00 e. The Balaban J connectivity index is 0.000000810. The van der Waals surface area contributed by atoms with Crippen LogP contribution in [0, 0.1) is 6.92 Å². The smallest absolute Gasteiger partial charge is 0.669 e. The van der Waals surface area contributed by atoms with E-state index in [4.69, 9.17) is 24.9 Å². The Morgan fingerprint density at radius 1 is 1.80 bits per heavy atom. The molecule has 3 nitrogen and oxygen atoms in total. The zero-order valence-electron chi connectivity index (χ0n) is 5.07. The summed E-state index contributed by atoms with van der Waals surface area (Å²) in [6.07, 6.45) is 1.43. The fraction of sp³-hybridized carbons (Fsp3) is 0.400. The summed E-state index contributed by atoms with van der Waals surface area (Å²) in [7, 11) is 0. The number of hydrogen-bond donors (Lipinski definition) is 1. The van der Waals surface area contributed by atoms with Crippen LogP contribution in [0.1, 0.15) is 0 Å². The molecule has 5 heteroatoms. The summed E-state index contributed by atoms with van der Waals surface area (Å²) < 4.78 is 0. The van der Waals surface area contributed by atoms with Gasteiger partial charge in [0.2, 0.25) is 0 Å². The minimum Gasteiger partial charge on any atom is -0.669 e. The van der Waals surface area contributed by atoms with Crippen molar-refractivity contribution in [3.05, 3.63) is 12.7 Å². The van der Waals surface area contributed by atoms with E-state index in [9.17, 15) is 0 Å². The minimum atomic E-state index is -0.579. The zero-order chi connectivity index (χ0) is 6.85. The van der Waals surface area contributed by atoms with E-state index in [0.717, 1.165) is 0 Å². The maximum Gasteiger partial charge on any atom is 2.00 e. The summed E-state index contributed by atoms with van der Waals surface area (Å²) in [5, 5.41) is 2.63. The average Bonchev–Trinajstić information content (AvgIpc) is 1.83. The Labute approximate surface area is 79.7 Å². The Kier molecular flexibility index (Phi) is 4.25. The number of hydrogen-bond acceptors (Lipinski definition) is 2. The van der Waals surface area contributed by atoms with Crippen molar-refractivity contribution in [3.8, 4) is 0 Å². The molecule has 1 aliphatic heterocycles. The van der Waals surface area contributed by atoms with Gasteiger partial charge >= 0.3 is 21.1 Å². The van der Waals surface area contributed by atoms with Gasteiger partial charge in [0.05, 0.1) is 11.3 Å². The van der Waals surface area contributed by atoms with E-state index in [1.165, 1.54) is 6.34 Å². The van der Waals surface area contributed by atoms with Crippen molar-refractivity contribution >= 4 is 23.5 Å². The number of aliphatic imine (C=N–C) groups is 1. The number of rotatable bonds is 0. The summed E-state index contributed by atoms with van der Waals surface area (Å²) >= 11 is 4.74. The first-order valence-corrected chi connectivity index (χ1v) is 2.91. The molecule has 1 heterocycles. The normalized spacial score (nSPS) is 30.8. The van der Waals surface area contributed by atoms with Crippen LogP contribution in [0.5, 0.6) is 0 Å². The summed E-state index contributed by atoms with van der Waals surface area (Å²) in [6, 6.07) is -1.07. The molecule has 10 heavy (non-hydrogen) atoms. The molecule has 2 N–H and O–H groups in total. The SMILES string of the molecule is [CH-]C1N=CNC(=S)C1[NH-].[W+2]. The van der Waals surface area contributed by atoms with Gasteiger partial charge in [-0.15, -0.1) is 6.04 Å². The molecule has 0 spiro atoms. The van der Waals surface area contributed by atoms with Gasteiger partial charge in [-0.25, -0.2) is 0 Å². The molecule has 1 rings (SSSR count). The predicted octanol–water partition coefficient (Wildman–Crippen LogP) is 0.443. The molecule has 53 valence electrons. The predicted molar refractivity (Wildman–Crippen MR) is 40.4 cm³/mol. The van der Waals surface area contributed by atoms with Gasteiger partial charge in [0.1, 0.15) is 0 Å². The van der Waals surface area contributed by atoms with Crippen molar-refractivity contribution in [2.75, 3.05) is 0 Å². The van der Waals surface area contributed by atoms with Crippen LogP contribution in [-0.4, -0.2) is 23.4 Å². The maximum absolute atomic E-state index is 7.24. The molecule has 0 saturated carbocycles. The quantitative estimate of drug-likeness (QED) is 0.519. The topological polar surface area (TPSA) is 48.2 Å². The van der Waals surface area contributed by atoms with Crippen molar-refractivity contribution in [2.45, 2.75) is 12.1 Å². The van der Waals surface area contributed by atoms with Gasteiger partial charge in [0, 0.05) is 0 Å². The third-order valence-corrected chi connectivity index (χ3v) is 1.45. The van der Waals surface area contributed by atoms with Crippen LogP contribution in [0.15, 0.2) is 4.99 Å². The Bertz CT molecular complexity index is 159. The second kappa shape index (κ2) is 4.16. The van der Waals surface area contributed by atoms with E-state index in [1.807, 2.05) is 0 Å². The van der Waals surface area contributed by atoms with Gasteiger partial charge in [-0.05, 0) is 0 Å². The van der Waals surface area contributed by atoms with Crippen molar-refractivity contribution < 1.29 is 21.1 Å². The average molecular weight is 324 g/mol. The van der Waals surface area contributed by atoms with Crippen LogP contribution in [-0.2, 0) is 21.1 Å². The van der Waals surface area contributed by atoms with E-state index in [1.54, 1.807) is 0 Å². The molecule has 1 radical (unpaired) electrons. The Morgan fingerprint density at radius 2 is 2.40 bits per heavy atom. The molecule has 0 amide bonds. The fourth-order valence-corrected chi connectivity index (χ4v) is 0.710. The van der Waals surface area contributed by atoms with Crippen LogP contribution >= 0.6 is 12.2 Å². The van der Waals surface area contributed by atoms with E-state index in [2.05, 4.69) is 10.3 Å². The molecular formula is C5H6N3SW. The van der Waals surface area contributed by atoms with E-state index < -0.39 is 12.1 Å². The maximum atomic E-state index is 7.24. The molecule has 1 aliphatic rings. The number of nitrogens with zero attached hydrogens (tertiary/aromatic N) is 1. The second-order valence-corrected chi connectivity index (χ2v) is 2.19. The standard InChI is InChI=1S/C5H6N3S.W/c1-3-4(6)5(9)8-2-7-3;/h1-4,6H,(H,7,8,9);/q-2;+2. The molecule has 0 aromatic carbocycles. The van der Waals surface area contributed by atoms with Crippen molar-refractivity contribution in [1.29, 1.82) is 0 Å². The molecule has 0 aromatic rings. The summed E-state index contributed by atoms with van der Waals surface area (Å²) in [6.45, 7) is 5.36. The van der Waals surface area contributed by atoms with Gasteiger partial charge in [0.25, 0.3) is 0 Å². The van der Waals surface area contributed by atoms with Gasteiger partial charge in [-0.2, -0.15) is 0 Å². The van der Waals surface area contributed by atoms with Crippen molar-refractivity contribution in [1.82, 2.24) is 5.32 Å². The Morgan fingerprint density at radius 3 is 2.80 bits per heavy atom. The van der Waals surface area contributed by atoms with Crippen LogP contribution in [0.25, 0.3) is 5.73 Å². The molecule has 0 aliphatic carbocycles. The molecule has 2 unspecified atom stereocenters. The molecular weight excluding hydrogens is 318 g/mol. The van der Waals surface area contributed by atoms with Crippen molar-refractivity contribution in [2.24, 2.45) is 4.99 Å². The Hall–Kier alpha value is 0.208. The summed E-state index contributed by atoms with van der Waals surface area (Å²) in [5.74, 6) is 0.